The third kappa shape index (κ3) is 5.01. The van der Waals surface area contributed by atoms with Crippen LogP contribution in [0.5, 0.6) is 17.2 Å². The van der Waals surface area contributed by atoms with Gasteiger partial charge in [-0.15, -0.1) is 0 Å². The van der Waals surface area contributed by atoms with Gasteiger partial charge in [-0.05, 0) is 42.5 Å². The van der Waals surface area contributed by atoms with Crippen molar-refractivity contribution in [2.45, 2.75) is 4.90 Å². The standard InChI is InChI=1S/C23H21FN2O6S/c1-30-19-7-3-5-17(13-19)25-23(27)15-26(18-6-2-4-16(24)12-18)33(28,29)20-8-9-21-22(14-20)32-11-10-31-21/h2-9,12-14H,10-11,15H2,1H3,(H,25,27). The number of hydrogen-bond acceptors (Lipinski definition) is 6. The predicted octanol–water partition coefficient (Wildman–Crippen LogP) is 3.44. The van der Waals surface area contributed by atoms with Crippen LogP contribution in [0, 0.1) is 5.82 Å². The van der Waals surface area contributed by atoms with Crippen molar-refractivity contribution in [1.82, 2.24) is 0 Å². The third-order valence-electron chi connectivity index (χ3n) is 4.84. The average Bonchev–Trinajstić information content (AvgIpc) is 2.82. The van der Waals surface area contributed by atoms with E-state index in [0.29, 0.717) is 23.8 Å². The quantitative estimate of drug-likeness (QED) is 0.566. The summed E-state index contributed by atoms with van der Waals surface area (Å²) in [6, 6.07) is 15.8. The lowest BCUT2D eigenvalue weighted by Gasteiger charge is -2.25. The molecule has 1 amide bonds. The van der Waals surface area contributed by atoms with Gasteiger partial charge in [-0.1, -0.05) is 12.1 Å². The van der Waals surface area contributed by atoms with Crippen LogP contribution >= 0.6 is 0 Å². The molecule has 1 heterocycles. The SMILES string of the molecule is COc1cccc(NC(=O)CN(c2cccc(F)c2)S(=O)(=O)c2ccc3c(c2)OCCO3)c1. The monoisotopic (exact) mass is 472 g/mol. The number of hydrogen-bond donors (Lipinski definition) is 1. The first kappa shape index (κ1) is 22.4. The number of ether oxygens (including phenoxy) is 3. The van der Waals surface area contributed by atoms with Gasteiger partial charge < -0.3 is 19.5 Å². The fraction of sp³-hybridized carbons (Fsp3) is 0.174. The van der Waals surface area contributed by atoms with Gasteiger partial charge in [0, 0.05) is 17.8 Å². The molecule has 3 aromatic rings. The summed E-state index contributed by atoms with van der Waals surface area (Å²) in [5.41, 5.74) is 0.431. The third-order valence-corrected chi connectivity index (χ3v) is 6.61. The molecular weight excluding hydrogens is 451 g/mol. The molecule has 0 saturated carbocycles. The number of halogens is 1. The summed E-state index contributed by atoms with van der Waals surface area (Å²) >= 11 is 0. The van der Waals surface area contributed by atoms with Gasteiger partial charge in [0.05, 0.1) is 17.7 Å². The number of rotatable bonds is 7. The Hall–Kier alpha value is -3.79. The Balaban J connectivity index is 1.66. The van der Waals surface area contributed by atoms with Crippen molar-refractivity contribution in [3.8, 4) is 17.2 Å². The topological polar surface area (TPSA) is 94.2 Å². The summed E-state index contributed by atoms with van der Waals surface area (Å²) in [6.45, 7) is 0.0590. The van der Waals surface area contributed by atoms with E-state index < -0.39 is 28.3 Å². The molecule has 0 unspecified atom stereocenters. The molecule has 0 spiro atoms. The zero-order chi connectivity index (χ0) is 23.4. The highest BCUT2D eigenvalue weighted by Gasteiger charge is 2.29. The van der Waals surface area contributed by atoms with Crippen LogP contribution < -0.4 is 23.8 Å². The molecule has 0 aromatic heterocycles. The molecule has 8 nitrogen and oxygen atoms in total. The number of nitrogens with one attached hydrogen (secondary N) is 1. The molecule has 0 atom stereocenters. The number of nitrogens with zero attached hydrogens (tertiary/aromatic N) is 1. The number of amides is 1. The number of anilines is 2. The van der Waals surface area contributed by atoms with E-state index in [1.807, 2.05) is 0 Å². The molecule has 1 aliphatic rings. The zero-order valence-electron chi connectivity index (χ0n) is 17.7. The van der Waals surface area contributed by atoms with E-state index in [-0.39, 0.29) is 22.9 Å². The van der Waals surface area contributed by atoms with E-state index in [1.165, 1.54) is 43.5 Å². The van der Waals surface area contributed by atoms with Gasteiger partial charge in [0.15, 0.2) is 11.5 Å². The maximum absolute atomic E-state index is 13.9. The average molecular weight is 472 g/mol. The lowest BCUT2D eigenvalue weighted by molar-refractivity contribution is -0.114. The first-order valence-corrected chi connectivity index (χ1v) is 11.4. The molecule has 1 N–H and O–H groups in total. The minimum atomic E-state index is -4.26. The molecule has 0 bridgehead atoms. The summed E-state index contributed by atoms with van der Waals surface area (Å²) in [4.78, 5) is 12.7. The van der Waals surface area contributed by atoms with Crippen LogP contribution in [0.1, 0.15) is 0 Å². The van der Waals surface area contributed by atoms with Crippen molar-refractivity contribution in [2.75, 3.05) is 36.5 Å². The predicted molar refractivity (Wildman–Crippen MR) is 120 cm³/mol. The van der Waals surface area contributed by atoms with Crippen LogP contribution in [0.3, 0.4) is 0 Å². The number of sulfonamides is 1. The van der Waals surface area contributed by atoms with Crippen LogP contribution in [0.25, 0.3) is 0 Å². The lowest BCUT2D eigenvalue weighted by Crippen LogP contribution is -2.38. The van der Waals surface area contributed by atoms with Gasteiger partial charge in [-0.3, -0.25) is 9.10 Å². The fourth-order valence-corrected chi connectivity index (χ4v) is 4.72. The lowest BCUT2D eigenvalue weighted by atomic mass is 10.3. The summed E-state index contributed by atoms with van der Waals surface area (Å²) in [7, 11) is -2.77. The van der Waals surface area contributed by atoms with Gasteiger partial charge in [0.1, 0.15) is 31.3 Å². The van der Waals surface area contributed by atoms with Gasteiger partial charge in [-0.25, -0.2) is 12.8 Å². The molecule has 3 aromatic carbocycles. The second kappa shape index (κ2) is 9.37. The molecule has 0 aliphatic carbocycles. The van der Waals surface area contributed by atoms with Crippen LogP contribution in [-0.4, -0.2) is 41.2 Å². The molecule has 172 valence electrons. The maximum atomic E-state index is 13.9. The molecule has 1 aliphatic heterocycles. The first-order valence-electron chi connectivity index (χ1n) is 9.99. The van der Waals surface area contributed by atoms with E-state index in [0.717, 1.165) is 10.4 Å². The Morgan fingerprint density at radius 1 is 1.03 bits per heavy atom. The Bertz CT molecular complexity index is 1280. The normalized spacial score (nSPS) is 12.7. The maximum Gasteiger partial charge on any atom is 0.264 e. The van der Waals surface area contributed by atoms with Crippen LogP contribution in [0.2, 0.25) is 0 Å². The van der Waals surface area contributed by atoms with Crippen molar-refractivity contribution in [2.24, 2.45) is 0 Å². The molecule has 4 rings (SSSR count). The van der Waals surface area contributed by atoms with Crippen LogP contribution in [0.15, 0.2) is 71.6 Å². The van der Waals surface area contributed by atoms with Gasteiger partial charge in [0.25, 0.3) is 10.0 Å². The highest BCUT2D eigenvalue weighted by Crippen LogP contribution is 2.34. The summed E-state index contributed by atoms with van der Waals surface area (Å²) < 4.78 is 57.9. The molecule has 0 saturated heterocycles. The van der Waals surface area contributed by atoms with E-state index in [1.54, 1.807) is 24.3 Å². The zero-order valence-corrected chi connectivity index (χ0v) is 18.5. The minimum absolute atomic E-state index is 0.00526. The van der Waals surface area contributed by atoms with Gasteiger partial charge >= 0.3 is 0 Å². The van der Waals surface area contributed by atoms with E-state index >= 15 is 0 Å². The number of carbonyl (C=O) groups excluding carboxylic acids is 1. The highest BCUT2D eigenvalue weighted by molar-refractivity contribution is 7.92. The summed E-state index contributed by atoms with van der Waals surface area (Å²) in [6.07, 6.45) is 0. The Morgan fingerprint density at radius 3 is 2.55 bits per heavy atom. The van der Waals surface area contributed by atoms with Crippen molar-refractivity contribution in [3.05, 3.63) is 72.5 Å². The molecular formula is C23H21FN2O6S. The van der Waals surface area contributed by atoms with E-state index in [9.17, 15) is 17.6 Å². The molecule has 33 heavy (non-hydrogen) atoms. The number of carbonyl (C=O) groups is 1. The Kier molecular flexibility index (Phi) is 6.36. The van der Waals surface area contributed by atoms with Crippen LogP contribution in [-0.2, 0) is 14.8 Å². The number of fused-ring (bicyclic) bond motifs is 1. The second-order valence-corrected chi connectivity index (χ2v) is 8.94. The fourth-order valence-electron chi connectivity index (χ4n) is 3.29. The van der Waals surface area contributed by atoms with Crippen molar-refractivity contribution >= 4 is 27.3 Å². The smallest absolute Gasteiger partial charge is 0.264 e. The summed E-state index contributed by atoms with van der Waals surface area (Å²) in [5.74, 6) is -0.0222. The molecule has 0 radical (unpaired) electrons. The van der Waals surface area contributed by atoms with Gasteiger partial charge in [-0.2, -0.15) is 0 Å². The Morgan fingerprint density at radius 2 is 1.79 bits per heavy atom. The first-order chi connectivity index (χ1) is 15.9. The van der Waals surface area contributed by atoms with Crippen LogP contribution in [0.4, 0.5) is 15.8 Å². The molecule has 10 heteroatoms. The summed E-state index contributed by atoms with van der Waals surface area (Å²) in [5, 5.41) is 2.64. The number of benzene rings is 3. The van der Waals surface area contributed by atoms with Gasteiger partial charge in [0.2, 0.25) is 5.91 Å². The van der Waals surface area contributed by atoms with Crippen molar-refractivity contribution in [1.29, 1.82) is 0 Å². The van der Waals surface area contributed by atoms with E-state index in [4.69, 9.17) is 14.2 Å². The minimum Gasteiger partial charge on any atom is -0.497 e. The highest BCUT2D eigenvalue weighted by atomic mass is 32.2. The van der Waals surface area contributed by atoms with Crippen molar-refractivity contribution < 1.29 is 31.8 Å². The number of methoxy groups -OCH3 is 1. The largest absolute Gasteiger partial charge is 0.497 e. The molecule has 0 fully saturated rings. The van der Waals surface area contributed by atoms with E-state index in [2.05, 4.69) is 5.32 Å². The Labute approximate surface area is 190 Å². The van der Waals surface area contributed by atoms with Crippen molar-refractivity contribution in [3.63, 3.8) is 0 Å². The second-order valence-electron chi connectivity index (χ2n) is 7.08.